The van der Waals surface area contributed by atoms with E-state index in [4.69, 9.17) is 19.5 Å². The second-order valence-corrected chi connectivity index (χ2v) is 12.1. The average molecular weight is 535 g/mol. The molecule has 1 amide bonds. The van der Waals surface area contributed by atoms with Gasteiger partial charge in [-0.15, -0.1) is 0 Å². The molecule has 1 aromatic rings. The van der Waals surface area contributed by atoms with Gasteiger partial charge in [-0.3, -0.25) is 4.79 Å². The molecule has 0 spiro atoms. The zero-order valence-corrected chi connectivity index (χ0v) is 24.0. The van der Waals surface area contributed by atoms with E-state index < -0.39 is 5.91 Å². The molecule has 0 radical (unpaired) electrons. The van der Waals surface area contributed by atoms with Crippen molar-refractivity contribution in [1.29, 1.82) is 5.26 Å². The zero-order valence-electron chi connectivity index (χ0n) is 24.0. The highest BCUT2D eigenvalue weighted by Crippen LogP contribution is 2.54. The van der Waals surface area contributed by atoms with Gasteiger partial charge < -0.3 is 24.8 Å². The van der Waals surface area contributed by atoms with Crippen molar-refractivity contribution in [3.05, 3.63) is 47.7 Å². The minimum Gasteiger partial charge on any atom is -0.382 e. The topological polar surface area (TPSA) is 105 Å². The second-order valence-electron chi connectivity index (χ2n) is 12.1. The molecule has 3 atom stereocenters. The summed E-state index contributed by atoms with van der Waals surface area (Å²) in [6.45, 7) is 9.28. The van der Waals surface area contributed by atoms with Crippen LogP contribution in [0.3, 0.4) is 0 Å². The SMILES string of the molecule is C=C(C#N)/N=C(\NC)C(=O)Nc1ccc([C@H]2C[C@@]3(COC)CC[C@@](COC)(C2)O3)cc1C1=CCC(C)(C)CC1. The number of ether oxygens (including phenoxy) is 3. The Balaban J connectivity index is 1.71. The first-order valence-corrected chi connectivity index (χ1v) is 13.8. The number of amides is 1. The van der Waals surface area contributed by atoms with E-state index in [0.29, 0.717) is 13.2 Å². The molecule has 0 aromatic heterocycles. The summed E-state index contributed by atoms with van der Waals surface area (Å²) in [5.41, 5.74) is 3.85. The normalized spacial score (nSPS) is 27.8. The van der Waals surface area contributed by atoms with Crippen LogP contribution < -0.4 is 10.6 Å². The molecule has 1 aromatic carbocycles. The summed E-state index contributed by atoms with van der Waals surface area (Å²) in [7, 11) is 5.07. The van der Waals surface area contributed by atoms with E-state index in [1.165, 1.54) is 11.1 Å². The van der Waals surface area contributed by atoms with E-state index in [-0.39, 0.29) is 34.1 Å². The molecule has 8 heteroatoms. The van der Waals surface area contributed by atoms with Gasteiger partial charge in [0.05, 0.1) is 24.4 Å². The molecule has 210 valence electrons. The van der Waals surface area contributed by atoms with Crippen LogP contribution in [0.15, 0.2) is 41.5 Å². The molecular weight excluding hydrogens is 492 g/mol. The van der Waals surface area contributed by atoms with Gasteiger partial charge in [0.1, 0.15) is 11.8 Å². The van der Waals surface area contributed by atoms with Gasteiger partial charge >= 0.3 is 0 Å². The number of nitrogens with one attached hydrogen (secondary N) is 2. The van der Waals surface area contributed by atoms with E-state index in [1.54, 1.807) is 21.3 Å². The number of hydrogen-bond donors (Lipinski definition) is 2. The number of benzene rings is 1. The maximum atomic E-state index is 13.1. The van der Waals surface area contributed by atoms with Gasteiger partial charge in [0, 0.05) is 32.5 Å². The number of hydrogen-bond acceptors (Lipinski definition) is 6. The number of aliphatic imine (C=N–C) groups is 1. The summed E-state index contributed by atoms with van der Waals surface area (Å²) < 4.78 is 17.9. The van der Waals surface area contributed by atoms with Crippen molar-refractivity contribution < 1.29 is 19.0 Å². The van der Waals surface area contributed by atoms with Gasteiger partial charge in [-0.05, 0) is 79.5 Å². The molecule has 8 nitrogen and oxygen atoms in total. The average Bonchev–Trinajstić information content (AvgIpc) is 3.17. The number of carbonyl (C=O) groups is 1. The van der Waals surface area contributed by atoms with Crippen LogP contribution >= 0.6 is 0 Å². The largest absolute Gasteiger partial charge is 0.382 e. The molecule has 0 saturated carbocycles. The van der Waals surface area contributed by atoms with Crippen molar-refractivity contribution in [1.82, 2.24) is 5.32 Å². The van der Waals surface area contributed by atoms with Crippen LogP contribution in [0.1, 0.15) is 75.8 Å². The molecular formula is C31H42N4O4. The molecule has 2 saturated heterocycles. The Labute approximate surface area is 232 Å². The van der Waals surface area contributed by atoms with Gasteiger partial charge in [-0.25, -0.2) is 4.99 Å². The molecule has 2 N–H and O–H groups in total. The quantitative estimate of drug-likeness (QED) is 0.265. The summed E-state index contributed by atoms with van der Waals surface area (Å²) in [5, 5.41) is 14.9. The van der Waals surface area contributed by atoms with E-state index >= 15 is 0 Å². The van der Waals surface area contributed by atoms with Crippen molar-refractivity contribution in [3.63, 3.8) is 0 Å². The third kappa shape index (κ3) is 6.43. The first-order valence-electron chi connectivity index (χ1n) is 13.8. The van der Waals surface area contributed by atoms with Crippen molar-refractivity contribution >= 4 is 23.0 Å². The van der Waals surface area contributed by atoms with Crippen LogP contribution in [0.25, 0.3) is 5.57 Å². The van der Waals surface area contributed by atoms with E-state index in [1.807, 2.05) is 12.1 Å². The van der Waals surface area contributed by atoms with Crippen LogP contribution in [0.5, 0.6) is 0 Å². The molecule has 0 unspecified atom stereocenters. The summed E-state index contributed by atoms with van der Waals surface area (Å²) in [6.07, 6.45) is 9.00. The molecule has 1 aliphatic carbocycles. The summed E-state index contributed by atoms with van der Waals surface area (Å²) in [4.78, 5) is 17.1. The highest BCUT2D eigenvalue weighted by molar-refractivity contribution is 6.42. The molecule has 2 fully saturated rings. The molecule has 2 bridgehead atoms. The predicted molar refractivity (Wildman–Crippen MR) is 153 cm³/mol. The first-order chi connectivity index (χ1) is 18.6. The third-order valence-electron chi connectivity index (χ3n) is 8.43. The van der Waals surface area contributed by atoms with E-state index in [2.05, 4.69) is 54.3 Å². The number of fused-ring (bicyclic) bond motifs is 2. The lowest BCUT2D eigenvalue weighted by Gasteiger charge is -2.44. The Morgan fingerprint density at radius 1 is 1.18 bits per heavy atom. The fraction of sp³-hybridized carbons (Fsp3) is 0.581. The lowest BCUT2D eigenvalue weighted by Crippen LogP contribution is -2.48. The van der Waals surface area contributed by atoms with E-state index in [0.717, 1.165) is 56.2 Å². The van der Waals surface area contributed by atoms with Gasteiger partial charge in [-0.2, -0.15) is 5.26 Å². The van der Waals surface area contributed by atoms with Gasteiger partial charge in [0.15, 0.2) is 5.84 Å². The number of rotatable bonds is 8. The predicted octanol–water partition coefficient (Wildman–Crippen LogP) is 5.33. The number of nitrogens with zero attached hydrogens (tertiary/aromatic N) is 2. The summed E-state index contributed by atoms with van der Waals surface area (Å²) >= 11 is 0. The minimum atomic E-state index is -0.415. The van der Waals surface area contributed by atoms with Crippen LogP contribution in [0.2, 0.25) is 0 Å². The maximum absolute atomic E-state index is 13.1. The number of anilines is 1. The van der Waals surface area contributed by atoms with Crippen LogP contribution in [0, 0.1) is 16.7 Å². The molecule has 3 aliphatic rings. The van der Waals surface area contributed by atoms with Crippen molar-refractivity contribution in [2.75, 3.05) is 39.8 Å². The molecule has 39 heavy (non-hydrogen) atoms. The second kappa shape index (κ2) is 11.6. The van der Waals surface area contributed by atoms with Crippen LogP contribution in [-0.4, -0.2) is 57.4 Å². The van der Waals surface area contributed by atoms with Crippen LogP contribution in [-0.2, 0) is 19.0 Å². The lowest BCUT2D eigenvalue weighted by atomic mass is 9.75. The number of nitriles is 1. The Morgan fingerprint density at radius 3 is 2.38 bits per heavy atom. The van der Waals surface area contributed by atoms with Gasteiger partial charge in [0.25, 0.3) is 5.91 Å². The van der Waals surface area contributed by atoms with Crippen molar-refractivity contribution in [2.24, 2.45) is 10.4 Å². The lowest BCUT2D eigenvalue weighted by molar-refractivity contribution is -0.184. The number of allylic oxidation sites excluding steroid dienone is 3. The number of methoxy groups -OCH3 is 2. The van der Waals surface area contributed by atoms with Gasteiger partial charge in [-0.1, -0.05) is 32.6 Å². The number of likely N-dealkylation sites (N-methyl/N-ethyl adjacent to an activating group) is 1. The number of carbonyl (C=O) groups excluding carboxylic acids is 1. The fourth-order valence-electron chi connectivity index (χ4n) is 6.43. The van der Waals surface area contributed by atoms with E-state index in [9.17, 15) is 4.79 Å². The highest BCUT2D eigenvalue weighted by Gasteiger charge is 2.55. The summed E-state index contributed by atoms with van der Waals surface area (Å²) in [6, 6.07) is 8.23. The molecule has 4 rings (SSSR count). The molecule has 2 aliphatic heterocycles. The smallest absolute Gasteiger partial charge is 0.291 e. The third-order valence-corrected chi connectivity index (χ3v) is 8.43. The van der Waals surface area contributed by atoms with Gasteiger partial charge in [0.2, 0.25) is 0 Å². The van der Waals surface area contributed by atoms with Crippen molar-refractivity contribution in [2.45, 2.75) is 75.9 Å². The summed E-state index contributed by atoms with van der Waals surface area (Å²) in [5.74, 6) is -0.0923. The standard InChI is InChI=1S/C31H42N4O4/c1-21(18-32)34-27(33-4)28(36)35-26-8-7-23(15-25(26)22-9-11-29(2,3)12-10-22)24-16-30(19-37-5)13-14-31(17-24,39-30)20-38-6/h7-9,15,24H,1,10-14,16-17,19-20H2,2-6H3,(H,33,34)(H,35,36)/t24-,30+,31-. The van der Waals surface area contributed by atoms with Crippen LogP contribution in [0.4, 0.5) is 5.69 Å². The maximum Gasteiger partial charge on any atom is 0.291 e. The highest BCUT2D eigenvalue weighted by atomic mass is 16.6. The zero-order chi connectivity index (χ0) is 28.3. The molecule has 2 heterocycles. The first kappa shape index (κ1) is 29.0. The Hall–Kier alpha value is -2.99. The Morgan fingerprint density at radius 2 is 1.85 bits per heavy atom. The Bertz CT molecular complexity index is 1190. The number of amidine groups is 1. The van der Waals surface area contributed by atoms with Crippen molar-refractivity contribution in [3.8, 4) is 6.07 Å². The Kier molecular flexibility index (Phi) is 8.65. The minimum absolute atomic E-state index is 0.0357. The monoisotopic (exact) mass is 534 g/mol. The fourth-order valence-corrected chi connectivity index (χ4v) is 6.43.